The van der Waals surface area contributed by atoms with E-state index in [1.165, 1.54) is 0 Å². The lowest BCUT2D eigenvalue weighted by Crippen LogP contribution is -2.26. The van der Waals surface area contributed by atoms with E-state index in [0.717, 1.165) is 11.1 Å². The van der Waals surface area contributed by atoms with E-state index in [4.69, 9.17) is 4.74 Å². The molecule has 1 aromatic carbocycles. The highest BCUT2D eigenvalue weighted by atomic mass is 16.5. The van der Waals surface area contributed by atoms with E-state index in [2.05, 4.69) is 13.8 Å². The molecule has 19 heavy (non-hydrogen) atoms. The van der Waals surface area contributed by atoms with E-state index in [9.17, 15) is 9.90 Å². The molecular weight excluding hydrogens is 242 g/mol. The van der Waals surface area contributed by atoms with Crippen molar-refractivity contribution in [2.45, 2.75) is 25.7 Å². The Kier molecular flexibility index (Phi) is 5.36. The fourth-order valence-electron chi connectivity index (χ4n) is 2.06. The normalized spacial score (nSPS) is 12.8. The molecule has 0 saturated heterocycles. The summed E-state index contributed by atoms with van der Waals surface area (Å²) in [5, 5.41) is 9.44. The first-order valence-electron chi connectivity index (χ1n) is 6.42. The number of benzene rings is 1. The Labute approximate surface area is 115 Å². The number of rotatable bonds is 6. The second-order valence-electron chi connectivity index (χ2n) is 5.31. The largest absolute Gasteiger partial charge is 0.496 e. The fraction of sp³-hybridized carbons (Fsp3) is 0.533. The van der Waals surface area contributed by atoms with Gasteiger partial charge in [-0.05, 0) is 31.6 Å². The zero-order valence-electron chi connectivity index (χ0n) is 12.3. The summed E-state index contributed by atoms with van der Waals surface area (Å²) in [5.41, 5.74) is 1.87. The van der Waals surface area contributed by atoms with E-state index < -0.39 is 11.9 Å². The van der Waals surface area contributed by atoms with Crippen LogP contribution in [-0.2, 0) is 4.79 Å². The number of carboxylic acid groups (broad SMARTS) is 1. The maximum Gasteiger partial charge on any atom is 0.312 e. The Hall–Kier alpha value is -1.55. The molecule has 0 aliphatic carbocycles. The highest BCUT2D eigenvalue weighted by Gasteiger charge is 2.24. The minimum absolute atomic E-state index is 0.360. The quantitative estimate of drug-likeness (QED) is 0.858. The van der Waals surface area contributed by atoms with Gasteiger partial charge in [0.25, 0.3) is 0 Å². The van der Waals surface area contributed by atoms with Crippen molar-refractivity contribution >= 4 is 5.97 Å². The van der Waals surface area contributed by atoms with Crippen LogP contribution in [0.1, 0.15) is 36.8 Å². The van der Waals surface area contributed by atoms with Gasteiger partial charge in [0.05, 0.1) is 13.0 Å². The predicted octanol–water partition coefficient (Wildman–Crippen LogP) is 2.55. The second-order valence-corrected chi connectivity index (χ2v) is 5.31. The molecule has 0 heterocycles. The Morgan fingerprint density at radius 1 is 1.37 bits per heavy atom. The first kappa shape index (κ1) is 15.5. The maximum absolute atomic E-state index is 11.5. The average Bonchev–Trinajstić information content (AvgIpc) is 2.34. The van der Waals surface area contributed by atoms with Crippen LogP contribution >= 0.6 is 0 Å². The topological polar surface area (TPSA) is 49.8 Å². The first-order valence-corrected chi connectivity index (χ1v) is 6.42. The minimum Gasteiger partial charge on any atom is -0.496 e. The molecule has 0 bridgehead atoms. The molecule has 1 aromatic rings. The van der Waals surface area contributed by atoms with Crippen LogP contribution in [-0.4, -0.2) is 43.7 Å². The Balaban J connectivity index is 3.25. The van der Waals surface area contributed by atoms with Gasteiger partial charge in [0, 0.05) is 12.1 Å². The van der Waals surface area contributed by atoms with Crippen molar-refractivity contribution in [3.05, 3.63) is 29.3 Å². The highest BCUT2D eigenvalue weighted by Crippen LogP contribution is 2.30. The molecule has 1 N–H and O–H groups in total. The molecule has 4 heteroatoms. The van der Waals surface area contributed by atoms with E-state index in [1.807, 2.05) is 37.2 Å². The predicted molar refractivity (Wildman–Crippen MR) is 76.0 cm³/mol. The van der Waals surface area contributed by atoms with E-state index in [0.29, 0.717) is 18.2 Å². The van der Waals surface area contributed by atoms with Crippen molar-refractivity contribution in [3.63, 3.8) is 0 Å². The number of hydrogen-bond donors (Lipinski definition) is 1. The van der Waals surface area contributed by atoms with Crippen molar-refractivity contribution in [1.82, 2.24) is 4.90 Å². The molecule has 0 aliphatic heterocycles. The van der Waals surface area contributed by atoms with Gasteiger partial charge in [-0.2, -0.15) is 0 Å². The van der Waals surface area contributed by atoms with Gasteiger partial charge in [0.15, 0.2) is 0 Å². The number of carboxylic acids is 1. The molecule has 0 fully saturated rings. The molecule has 1 unspecified atom stereocenters. The summed E-state index contributed by atoms with van der Waals surface area (Å²) in [6.07, 6.45) is 0. The third kappa shape index (κ3) is 3.96. The summed E-state index contributed by atoms with van der Waals surface area (Å²) in [6.45, 7) is 4.63. The maximum atomic E-state index is 11.5. The molecule has 106 valence electrons. The number of likely N-dealkylation sites (N-methyl/N-ethyl adjacent to an activating group) is 1. The third-order valence-electron chi connectivity index (χ3n) is 3.14. The SMILES string of the molecule is COc1ccc(C(C)C)cc1C(CN(C)C)C(=O)O. The Morgan fingerprint density at radius 3 is 2.42 bits per heavy atom. The molecular formula is C15H23NO3. The lowest BCUT2D eigenvalue weighted by Gasteiger charge is -2.21. The summed E-state index contributed by atoms with van der Waals surface area (Å²) in [4.78, 5) is 13.4. The van der Waals surface area contributed by atoms with Gasteiger partial charge in [0.2, 0.25) is 0 Å². The van der Waals surface area contributed by atoms with E-state index in [1.54, 1.807) is 7.11 Å². The zero-order valence-corrected chi connectivity index (χ0v) is 12.3. The van der Waals surface area contributed by atoms with Crippen LogP contribution in [0.2, 0.25) is 0 Å². The summed E-state index contributed by atoms with van der Waals surface area (Å²) < 4.78 is 5.31. The Bertz CT molecular complexity index is 441. The first-order chi connectivity index (χ1) is 8.86. The molecule has 0 aliphatic rings. The lowest BCUT2D eigenvalue weighted by molar-refractivity contribution is -0.139. The Morgan fingerprint density at radius 2 is 2.00 bits per heavy atom. The van der Waals surface area contributed by atoms with Crippen molar-refractivity contribution in [2.24, 2.45) is 0 Å². The van der Waals surface area contributed by atoms with Crippen LogP contribution in [0.25, 0.3) is 0 Å². The molecule has 0 spiro atoms. The van der Waals surface area contributed by atoms with Gasteiger partial charge < -0.3 is 14.7 Å². The number of aliphatic carboxylic acids is 1. The average molecular weight is 265 g/mol. The molecule has 0 radical (unpaired) electrons. The fourth-order valence-corrected chi connectivity index (χ4v) is 2.06. The van der Waals surface area contributed by atoms with Crippen molar-refractivity contribution in [1.29, 1.82) is 0 Å². The summed E-state index contributed by atoms with van der Waals surface area (Å²) >= 11 is 0. The van der Waals surface area contributed by atoms with Crippen molar-refractivity contribution in [3.8, 4) is 5.75 Å². The molecule has 4 nitrogen and oxygen atoms in total. The van der Waals surface area contributed by atoms with Crippen LogP contribution in [0.5, 0.6) is 5.75 Å². The number of methoxy groups -OCH3 is 1. The number of carbonyl (C=O) groups is 1. The minimum atomic E-state index is -0.826. The van der Waals surface area contributed by atoms with Gasteiger partial charge in [-0.1, -0.05) is 26.0 Å². The van der Waals surface area contributed by atoms with Gasteiger partial charge in [-0.15, -0.1) is 0 Å². The van der Waals surface area contributed by atoms with Crippen LogP contribution in [0.15, 0.2) is 18.2 Å². The summed E-state index contributed by atoms with van der Waals surface area (Å²) in [7, 11) is 5.31. The third-order valence-corrected chi connectivity index (χ3v) is 3.14. The highest BCUT2D eigenvalue weighted by molar-refractivity contribution is 5.77. The second kappa shape index (κ2) is 6.57. The summed E-state index contributed by atoms with van der Waals surface area (Å²) in [5.74, 6) is -0.409. The smallest absolute Gasteiger partial charge is 0.312 e. The van der Waals surface area contributed by atoms with Gasteiger partial charge >= 0.3 is 5.97 Å². The molecule has 0 amide bonds. The monoisotopic (exact) mass is 265 g/mol. The van der Waals surface area contributed by atoms with Gasteiger partial charge in [0.1, 0.15) is 5.75 Å². The van der Waals surface area contributed by atoms with Crippen LogP contribution in [0.3, 0.4) is 0 Å². The van der Waals surface area contributed by atoms with Crippen LogP contribution < -0.4 is 4.74 Å². The van der Waals surface area contributed by atoms with Crippen molar-refractivity contribution in [2.75, 3.05) is 27.7 Å². The molecule has 0 saturated carbocycles. The standard InChI is InChI=1S/C15H23NO3/c1-10(2)11-6-7-14(19-5)12(8-11)13(15(17)18)9-16(3)4/h6-8,10,13H,9H2,1-5H3,(H,17,18). The number of nitrogens with zero attached hydrogens (tertiary/aromatic N) is 1. The van der Waals surface area contributed by atoms with Crippen molar-refractivity contribution < 1.29 is 14.6 Å². The molecule has 1 rings (SSSR count). The molecule has 1 atom stereocenters. The lowest BCUT2D eigenvalue weighted by atomic mass is 9.92. The van der Waals surface area contributed by atoms with Crippen LogP contribution in [0, 0.1) is 0 Å². The zero-order chi connectivity index (χ0) is 14.6. The summed E-state index contributed by atoms with van der Waals surface area (Å²) in [6, 6.07) is 5.80. The number of ether oxygens (including phenoxy) is 1. The number of hydrogen-bond acceptors (Lipinski definition) is 3. The van der Waals surface area contributed by atoms with Gasteiger partial charge in [-0.25, -0.2) is 0 Å². The van der Waals surface area contributed by atoms with Crippen LogP contribution in [0.4, 0.5) is 0 Å². The van der Waals surface area contributed by atoms with E-state index in [-0.39, 0.29) is 0 Å². The van der Waals surface area contributed by atoms with Gasteiger partial charge in [-0.3, -0.25) is 4.79 Å². The molecule has 0 aromatic heterocycles. The van der Waals surface area contributed by atoms with E-state index >= 15 is 0 Å².